The van der Waals surface area contributed by atoms with Gasteiger partial charge in [0.15, 0.2) is 0 Å². The van der Waals surface area contributed by atoms with Gasteiger partial charge < -0.3 is 9.47 Å². The summed E-state index contributed by atoms with van der Waals surface area (Å²) in [5.41, 5.74) is 2.04. The Bertz CT molecular complexity index is 795. The molecule has 20 heavy (non-hydrogen) atoms. The van der Waals surface area contributed by atoms with Crippen LogP contribution >= 0.6 is 0 Å². The number of alkyl halides is 1. The van der Waals surface area contributed by atoms with E-state index in [-0.39, 0.29) is 0 Å². The van der Waals surface area contributed by atoms with Crippen LogP contribution in [-0.4, -0.2) is 33.8 Å². The molecule has 1 aliphatic heterocycles. The van der Waals surface area contributed by atoms with Gasteiger partial charge in [-0.3, -0.25) is 4.98 Å². The number of fused-ring (bicyclic) bond motifs is 3. The van der Waals surface area contributed by atoms with E-state index in [1.165, 1.54) is 0 Å². The van der Waals surface area contributed by atoms with Crippen LogP contribution in [0.4, 0.5) is 10.2 Å². The van der Waals surface area contributed by atoms with E-state index >= 15 is 0 Å². The van der Waals surface area contributed by atoms with E-state index in [1.54, 1.807) is 6.20 Å². The van der Waals surface area contributed by atoms with Crippen LogP contribution in [0.1, 0.15) is 6.42 Å². The number of anilines is 1. The van der Waals surface area contributed by atoms with Gasteiger partial charge in [-0.15, -0.1) is 0 Å². The van der Waals surface area contributed by atoms with Crippen LogP contribution in [-0.2, 0) is 7.05 Å². The number of hydrogen-bond donors (Lipinski definition) is 0. The fourth-order valence-electron chi connectivity index (χ4n) is 3.01. The second-order valence-electron chi connectivity index (χ2n) is 5.32. The second kappa shape index (κ2) is 4.16. The predicted molar refractivity (Wildman–Crippen MR) is 77.7 cm³/mol. The molecule has 0 aromatic carbocycles. The topological polar surface area (TPSA) is 34.0 Å². The minimum Gasteiger partial charge on any atom is -0.354 e. The van der Waals surface area contributed by atoms with Gasteiger partial charge in [-0.2, -0.15) is 0 Å². The fraction of sp³-hybridized carbons (Fsp3) is 0.333. The Kier molecular flexibility index (Phi) is 2.42. The summed E-state index contributed by atoms with van der Waals surface area (Å²) in [5, 5.41) is 2.20. The Morgan fingerprint density at radius 3 is 2.95 bits per heavy atom. The van der Waals surface area contributed by atoms with Gasteiger partial charge in [0.2, 0.25) is 0 Å². The average Bonchev–Trinajstić information content (AvgIpc) is 3.03. The normalized spacial score (nSPS) is 19.3. The van der Waals surface area contributed by atoms with Crippen LogP contribution in [0.15, 0.2) is 30.6 Å². The van der Waals surface area contributed by atoms with E-state index in [0.29, 0.717) is 13.0 Å². The molecule has 4 nitrogen and oxygen atoms in total. The lowest BCUT2D eigenvalue weighted by Crippen LogP contribution is -2.21. The highest BCUT2D eigenvalue weighted by Gasteiger charge is 2.23. The third-order valence-electron chi connectivity index (χ3n) is 4.08. The Hall–Kier alpha value is -2.17. The molecule has 1 saturated heterocycles. The lowest BCUT2D eigenvalue weighted by molar-refractivity contribution is 0.364. The van der Waals surface area contributed by atoms with Gasteiger partial charge in [-0.05, 0) is 24.6 Å². The molecule has 1 aliphatic rings. The summed E-state index contributed by atoms with van der Waals surface area (Å²) in [6.07, 6.45) is 3.52. The lowest BCUT2D eigenvalue weighted by atomic mass is 10.2. The van der Waals surface area contributed by atoms with Crippen LogP contribution in [0.3, 0.4) is 0 Å². The van der Waals surface area contributed by atoms with E-state index in [9.17, 15) is 4.39 Å². The molecule has 0 spiro atoms. The minimum absolute atomic E-state index is 0.448. The summed E-state index contributed by atoms with van der Waals surface area (Å²) in [4.78, 5) is 10.9. The third-order valence-corrected chi connectivity index (χ3v) is 4.08. The highest BCUT2D eigenvalue weighted by Crippen LogP contribution is 2.29. The van der Waals surface area contributed by atoms with Gasteiger partial charge in [0.05, 0.1) is 12.1 Å². The number of halogens is 1. The summed E-state index contributed by atoms with van der Waals surface area (Å²) in [6.45, 7) is 1.19. The third kappa shape index (κ3) is 1.59. The van der Waals surface area contributed by atoms with E-state index in [4.69, 9.17) is 4.98 Å². The Labute approximate surface area is 115 Å². The molecule has 5 heteroatoms. The van der Waals surface area contributed by atoms with Gasteiger partial charge in [0.1, 0.15) is 17.6 Å². The molecule has 0 bridgehead atoms. The highest BCUT2D eigenvalue weighted by atomic mass is 19.1. The zero-order chi connectivity index (χ0) is 13.7. The number of hydrogen-bond acceptors (Lipinski definition) is 3. The SMILES string of the molecule is Cn1c2ccncc2c2ccc(N3CC[C@H](F)C3)nc21. The number of aromatic nitrogens is 3. The zero-order valence-corrected chi connectivity index (χ0v) is 11.3. The standard InChI is InChI=1S/C15H15FN4/c1-19-13-4-6-17-8-12(13)11-2-3-14(18-15(11)19)20-7-5-10(16)9-20/h2-4,6,8,10H,5,7,9H2,1H3/t10-/m0/s1. The van der Waals surface area contributed by atoms with E-state index in [0.717, 1.165) is 34.3 Å². The summed E-state index contributed by atoms with van der Waals surface area (Å²) in [7, 11) is 2.00. The fourth-order valence-corrected chi connectivity index (χ4v) is 3.01. The van der Waals surface area contributed by atoms with Crippen molar-refractivity contribution in [1.29, 1.82) is 0 Å². The Balaban J connectivity index is 1.91. The van der Waals surface area contributed by atoms with Gasteiger partial charge in [0, 0.05) is 36.8 Å². The van der Waals surface area contributed by atoms with Crippen molar-refractivity contribution in [3.8, 4) is 0 Å². The predicted octanol–water partition coefficient (Wildman–Crippen LogP) is 2.67. The molecule has 102 valence electrons. The summed E-state index contributed by atoms with van der Waals surface area (Å²) >= 11 is 0. The van der Waals surface area contributed by atoms with Crippen LogP contribution in [0.5, 0.6) is 0 Å². The summed E-state index contributed by atoms with van der Waals surface area (Å²) in [6, 6.07) is 6.03. The van der Waals surface area contributed by atoms with Gasteiger partial charge in [-0.25, -0.2) is 9.37 Å². The average molecular weight is 270 g/mol. The summed E-state index contributed by atoms with van der Waals surface area (Å²) < 4.78 is 15.4. The van der Waals surface area contributed by atoms with Crippen molar-refractivity contribution >= 4 is 27.8 Å². The second-order valence-corrected chi connectivity index (χ2v) is 5.32. The first-order chi connectivity index (χ1) is 9.74. The molecule has 0 unspecified atom stereocenters. The van der Waals surface area contributed by atoms with Crippen molar-refractivity contribution in [2.45, 2.75) is 12.6 Å². The molecule has 3 aromatic heterocycles. The molecule has 1 fully saturated rings. The van der Waals surface area contributed by atoms with Crippen molar-refractivity contribution in [3.05, 3.63) is 30.6 Å². The molecular weight excluding hydrogens is 255 g/mol. The van der Waals surface area contributed by atoms with Crippen LogP contribution in [0.2, 0.25) is 0 Å². The largest absolute Gasteiger partial charge is 0.354 e. The summed E-state index contributed by atoms with van der Waals surface area (Å²) in [5.74, 6) is 0.858. The quantitative estimate of drug-likeness (QED) is 0.681. The van der Waals surface area contributed by atoms with E-state index in [1.807, 2.05) is 30.3 Å². The minimum atomic E-state index is -0.732. The van der Waals surface area contributed by atoms with Crippen LogP contribution < -0.4 is 4.90 Å². The first kappa shape index (κ1) is 11.6. The van der Waals surface area contributed by atoms with Gasteiger partial charge >= 0.3 is 0 Å². The maximum Gasteiger partial charge on any atom is 0.143 e. The molecule has 3 aromatic rings. The maximum absolute atomic E-state index is 13.3. The molecule has 0 radical (unpaired) electrons. The van der Waals surface area contributed by atoms with Crippen molar-refractivity contribution < 1.29 is 4.39 Å². The Morgan fingerprint density at radius 1 is 1.25 bits per heavy atom. The van der Waals surface area contributed by atoms with E-state index in [2.05, 4.69) is 15.6 Å². The van der Waals surface area contributed by atoms with Crippen molar-refractivity contribution in [3.63, 3.8) is 0 Å². The number of rotatable bonds is 1. The number of aryl methyl sites for hydroxylation is 1. The monoisotopic (exact) mass is 270 g/mol. The van der Waals surface area contributed by atoms with Crippen LogP contribution in [0, 0.1) is 0 Å². The first-order valence-corrected chi connectivity index (χ1v) is 6.82. The lowest BCUT2D eigenvalue weighted by Gasteiger charge is -2.16. The molecule has 0 N–H and O–H groups in total. The van der Waals surface area contributed by atoms with Gasteiger partial charge in [0.25, 0.3) is 0 Å². The molecule has 1 atom stereocenters. The van der Waals surface area contributed by atoms with Crippen molar-refractivity contribution in [2.75, 3.05) is 18.0 Å². The molecule has 0 saturated carbocycles. The smallest absolute Gasteiger partial charge is 0.143 e. The molecule has 4 heterocycles. The zero-order valence-electron chi connectivity index (χ0n) is 11.3. The molecular formula is C15H15FN4. The molecule has 0 aliphatic carbocycles. The highest BCUT2D eigenvalue weighted by molar-refractivity contribution is 6.06. The Morgan fingerprint density at radius 2 is 2.15 bits per heavy atom. The number of pyridine rings is 2. The maximum atomic E-state index is 13.3. The molecule has 0 amide bonds. The van der Waals surface area contributed by atoms with Crippen LogP contribution in [0.25, 0.3) is 21.9 Å². The van der Waals surface area contributed by atoms with E-state index < -0.39 is 6.17 Å². The van der Waals surface area contributed by atoms with Crippen molar-refractivity contribution in [2.24, 2.45) is 7.05 Å². The van der Waals surface area contributed by atoms with Gasteiger partial charge in [-0.1, -0.05) is 0 Å². The first-order valence-electron chi connectivity index (χ1n) is 6.82. The molecule has 4 rings (SSSR count). The number of nitrogens with zero attached hydrogens (tertiary/aromatic N) is 4. The van der Waals surface area contributed by atoms with Crippen molar-refractivity contribution in [1.82, 2.24) is 14.5 Å².